The molecule has 1 aromatic rings. The average Bonchev–Trinajstić information content (AvgIpc) is 3.46. The summed E-state index contributed by atoms with van der Waals surface area (Å²) in [7, 11) is 1.25. The Labute approximate surface area is 174 Å². The van der Waals surface area contributed by atoms with E-state index >= 15 is 0 Å². The highest BCUT2D eigenvalue weighted by atomic mass is 32.1. The lowest BCUT2D eigenvalue weighted by Crippen LogP contribution is -2.44. The average molecular weight is 425 g/mol. The van der Waals surface area contributed by atoms with Gasteiger partial charge in [0.25, 0.3) is 5.91 Å². The van der Waals surface area contributed by atoms with Crippen molar-refractivity contribution in [1.29, 1.82) is 0 Å². The molecule has 1 aromatic heterocycles. The molecule has 0 unspecified atom stereocenters. The molecule has 29 heavy (non-hydrogen) atoms. The third-order valence-corrected chi connectivity index (χ3v) is 5.76. The Kier molecular flexibility index (Phi) is 7.78. The number of hydrogen-bond donors (Lipinski definition) is 2. The molecule has 1 aliphatic rings. The van der Waals surface area contributed by atoms with E-state index in [0.717, 1.165) is 17.7 Å². The first-order valence-corrected chi connectivity index (χ1v) is 10.4. The maximum absolute atomic E-state index is 12.6. The van der Waals surface area contributed by atoms with Crippen LogP contribution >= 0.6 is 11.3 Å². The van der Waals surface area contributed by atoms with Gasteiger partial charge in [-0.25, -0.2) is 9.59 Å². The minimum Gasteiger partial charge on any atom is -0.467 e. The Bertz CT molecular complexity index is 797. The van der Waals surface area contributed by atoms with Crippen LogP contribution in [0, 0.1) is 25.7 Å². The Balaban J connectivity index is 1.99. The second-order valence-electron chi connectivity index (χ2n) is 7.60. The monoisotopic (exact) mass is 424 g/mol. The van der Waals surface area contributed by atoms with Gasteiger partial charge in [0.2, 0.25) is 5.91 Å². The quantitative estimate of drug-likeness (QED) is 0.590. The van der Waals surface area contributed by atoms with E-state index in [1.54, 1.807) is 6.92 Å². The SMILES string of the molecule is COC(=O)[C@@H](CC(C)C)NC(=O)COC(=O)c1c(NC(=O)C2CC2)sc(C)c1C. The van der Waals surface area contributed by atoms with Gasteiger partial charge in [-0.05, 0) is 44.6 Å². The molecule has 2 N–H and O–H groups in total. The summed E-state index contributed by atoms with van der Waals surface area (Å²) in [6.07, 6.45) is 2.12. The lowest BCUT2D eigenvalue weighted by Gasteiger charge is -2.18. The Morgan fingerprint density at radius 2 is 1.83 bits per heavy atom. The van der Waals surface area contributed by atoms with Crippen LogP contribution in [0.15, 0.2) is 0 Å². The van der Waals surface area contributed by atoms with Crippen LogP contribution < -0.4 is 10.6 Å². The van der Waals surface area contributed by atoms with E-state index in [-0.39, 0.29) is 23.3 Å². The fourth-order valence-corrected chi connectivity index (χ4v) is 3.84. The number of aryl methyl sites for hydroxylation is 1. The Morgan fingerprint density at radius 1 is 1.17 bits per heavy atom. The summed E-state index contributed by atoms with van der Waals surface area (Å²) < 4.78 is 9.86. The van der Waals surface area contributed by atoms with Gasteiger partial charge < -0.3 is 20.1 Å². The first kappa shape index (κ1) is 22.9. The van der Waals surface area contributed by atoms with Gasteiger partial charge in [0.05, 0.1) is 12.7 Å². The van der Waals surface area contributed by atoms with Gasteiger partial charge in [-0.2, -0.15) is 0 Å². The molecule has 8 nitrogen and oxygen atoms in total. The van der Waals surface area contributed by atoms with Crippen LogP contribution in [0.4, 0.5) is 5.00 Å². The second kappa shape index (κ2) is 9.87. The van der Waals surface area contributed by atoms with Gasteiger partial charge in [-0.15, -0.1) is 11.3 Å². The molecule has 1 heterocycles. The van der Waals surface area contributed by atoms with E-state index in [2.05, 4.69) is 10.6 Å². The lowest BCUT2D eigenvalue weighted by atomic mass is 10.0. The molecule has 9 heteroatoms. The summed E-state index contributed by atoms with van der Waals surface area (Å²) >= 11 is 1.31. The number of carbonyl (C=O) groups excluding carboxylic acids is 4. The van der Waals surface area contributed by atoms with E-state index in [0.29, 0.717) is 17.0 Å². The molecular formula is C20H28N2O6S. The van der Waals surface area contributed by atoms with E-state index in [1.165, 1.54) is 18.4 Å². The normalized spacial score (nSPS) is 14.3. The van der Waals surface area contributed by atoms with Crippen molar-refractivity contribution < 1.29 is 28.7 Å². The molecule has 2 amide bonds. The van der Waals surface area contributed by atoms with E-state index < -0.39 is 30.5 Å². The van der Waals surface area contributed by atoms with E-state index in [9.17, 15) is 19.2 Å². The summed E-state index contributed by atoms with van der Waals surface area (Å²) in [6.45, 7) is 6.92. The molecule has 0 bridgehead atoms. The first-order chi connectivity index (χ1) is 13.6. The molecule has 1 fully saturated rings. The lowest BCUT2D eigenvalue weighted by molar-refractivity contribution is -0.145. The van der Waals surface area contributed by atoms with Gasteiger partial charge in [0, 0.05) is 10.8 Å². The van der Waals surface area contributed by atoms with Crippen LogP contribution in [-0.4, -0.2) is 43.5 Å². The fourth-order valence-electron chi connectivity index (χ4n) is 2.79. The number of ether oxygens (including phenoxy) is 2. The van der Waals surface area contributed by atoms with Crippen molar-refractivity contribution in [1.82, 2.24) is 5.32 Å². The summed E-state index contributed by atoms with van der Waals surface area (Å²) in [5, 5.41) is 5.77. The van der Waals surface area contributed by atoms with Crippen molar-refractivity contribution >= 4 is 40.1 Å². The number of rotatable bonds is 9. The summed E-state index contributed by atoms with van der Waals surface area (Å²) in [5.41, 5.74) is 0.972. The fraction of sp³-hybridized carbons (Fsp3) is 0.600. The number of esters is 2. The highest BCUT2D eigenvalue weighted by molar-refractivity contribution is 7.16. The van der Waals surface area contributed by atoms with Crippen LogP contribution in [-0.2, 0) is 23.9 Å². The first-order valence-electron chi connectivity index (χ1n) is 9.59. The molecule has 160 valence electrons. The van der Waals surface area contributed by atoms with Gasteiger partial charge in [-0.1, -0.05) is 13.8 Å². The predicted molar refractivity (Wildman–Crippen MR) is 109 cm³/mol. The summed E-state index contributed by atoms with van der Waals surface area (Å²) in [5.74, 6) is -1.77. The van der Waals surface area contributed by atoms with E-state index in [4.69, 9.17) is 9.47 Å². The number of thiophene rings is 1. The van der Waals surface area contributed by atoms with Gasteiger partial charge in [-0.3, -0.25) is 9.59 Å². The third-order valence-electron chi connectivity index (χ3n) is 4.64. The zero-order chi connectivity index (χ0) is 21.7. The molecule has 1 atom stereocenters. The Morgan fingerprint density at radius 3 is 2.38 bits per heavy atom. The van der Waals surface area contributed by atoms with Crippen LogP contribution in [0.3, 0.4) is 0 Å². The molecular weight excluding hydrogens is 396 g/mol. The number of amides is 2. The van der Waals surface area contributed by atoms with Crippen molar-refractivity contribution in [3.8, 4) is 0 Å². The van der Waals surface area contributed by atoms with Crippen molar-refractivity contribution in [2.75, 3.05) is 19.0 Å². The molecule has 0 saturated heterocycles. The predicted octanol–water partition coefficient (Wildman–Crippen LogP) is 2.57. The topological polar surface area (TPSA) is 111 Å². The van der Waals surface area contributed by atoms with Crippen molar-refractivity contribution in [3.63, 3.8) is 0 Å². The minimum absolute atomic E-state index is 0.00331. The smallest absolute Gasteiger partial charge is 0.341 e. The molecule has 1 saturated carbocycles. The van der Waals surface area contributed by atoms with Crippen molar-refractivity contribution in [2.24, 2.45) is 11.8 Å². The zero-order valence-electron chi connectivity index (χ0n) is 17.4. The standard InChI is InChI=1S/C20H28N2O6S/c1-10(2)8-14(19(25)27-5)21-15(23)9-28-20(26)16-11(3)12(4)29-18(16)22-17(24)13-6-7-13/h10,13-14H,6-9H2,1-5H3,(H,21,23)(H,22,24)/t14-/m1/s1. The number of methoxy groups -OCH3 is 1. The van der Waals surface area contributed by atoms with Crippen molar-refractivity contribution in [2.45, 2.75) is 53.0 Å². The summed E-state index contributed by atoms with van der Waals surface area (Å²) in [4.78, 5) is 49.5. The minimum atomic E-state index is -0.801. The largest absolute Gasteiger partial charge is 0.467 e. The second-order valence-corrected chi connectivity index (χ2v) is 8.82. The van der Waals surface area contributed by atoms with Gasteiger partial charge in [0.1, 0.15) is 11.0 Å². The summed E-state index contributed by atoms with van der Waals surface area (Å²) in [6, 6.07) is -0.801. The highest BCUT2D eigenvalue weighted by Gasteiger charge is 2.32. The molecule has 0 spiro atoms. The molecule has 0 aliphatic heterocycles. The maximum Gasteiger partial charge on any atom is 0.341 e. The number of hydrogen-bond acceptors (Lipinski definition) is 7. The maximum atomic E-state index is 12.6. The Hall–Kier alpha value is -2.42. The van der Waals surface area contributed by atoms with Gasteiger partial charge >= 0.3 is 11.9 Å². The molecule has 2 rings (SSSR count). The number of carbonyl (C=O) groups is 4. The third kappa shape index (κ3) is 6.28. The molecule has 0 radical (unpaired) electrons. The van der Waals surface area contributed by atoms with Crippen LogP contribution in [0.1, 0.15) is 53.9 Å². The van der Waals surface area contributed by atoms with Crippen LogP contribution in [0.2, 0.25) is 0 Å². The van der Waals surface area contributed by atoms with Crippen LogP contribution in [0.5, 0.6) is 0 Å². The number of anilines is 1. The molecule has 0 aromatic carbocycles. The number of nitrogens with one attached hydrogen (secondary N) is 2. The molecule has 1 aliphatic carbocycles. The van der Waals surface area contributed by atoms with Gasteiger partial charge in [0.15, 0.2) is 6.61 Å². The highest BCUT2D eigenvalue weighted by Crippen LogP contribution is 2.36. The van der Waals surface area contributed by atoms with Crippen LogP contribution in [0.25, 0.3) is 0 Å². The van der Waals surface area contributed by atoms with Crippen molar-refractivity contribution in [3.05, 3.63) is 16.0 Å². The zero-order valence-corrected chi connectivity index (χ0v) is 18.2. The van der Waals surface area contributed by atoms with E-state index in [1.807, 2.05) is 20.8 Å².